The van der Waals surface area contributed by atoms with Crippen LogP contribution in [-0.4, -0.2) is 17.5 Å². The summed E-state index contributed by atoms with van der Waals surface area (Å²) in [5, 5.41) is 0. The number of piperidine rings is 1. The number of benzene rings is 1. The standard InChI is InChI=1S/C15H23FN2/c1-11-5-6-18(12(2)7-11)10-13-3-4-15(16)8-14(13)9-17/h3-4,8,11-12H,5-7,9-10,17H2,1-2H3. The van der Waals surface area contributed by atoms with Crippen LogP contribution in [0, 0.1) is 11.7 Å². The van der Waals surface area contributed by atoms with Crippen LogP contribution in [0.25, 0.3) is 0 Å². The Morgan fingerprint density at radius 1 is 1.33 bits per heavy atom. The summed E-state index contributed by atoms with van der Waals surface area (Å²) < 4.78 is 13.2. The van der Waals surface area contributed by atoms with E-state index in [1.54, 1.807) is 6.07 Å². The average molecular weight is 250 g/mol. The van der Waals surface area contributed by atoms with Crippen molar-refractivity contribution in [1.29, 1.82) is 0 Å². The van der Waals surface area contributed by atoms with Gasteiger partial charge < -0.3 is 5.73 Å². The molecule has 1 aliphatic rings. The zero-order valence-electron chi connectivity index (χ0n) is 11.3. The lowest BCUT2D eigenvalue weighted by atomic mass is 9.92. The number of hydrogen-bond acceptors (Lipinski definition) is 2. The first kappa shape index (κ1) is 13.5. The van der Waals surface area contributed by atoms with Crippen LogP contribution in [0.15, 0.2) is 18.2 Å². The fraction of sp³-hybridized carbons (Fsp3) is 0.600. The van der Waals surface area contributed by atoms with Crippen LogP contribution in [0.3, 0.4) is 0 Å². The number of likely N-dealkylation sites (tertiary alicyclic amines) is 1. The monoisotopic (exact) mass is 250 g/mol. The maximum absolute atomic E-state index is 13.2. The molecule has 2 rings (SSSR count). The van der Waals surface area contributed by atoms with E-state index in [1.165, 1.54) is 24.5 Å². The summed E-state index contributed by atoms with van der Waals surface area (Å²) in [6.45, 7) is 7.02. The SMILES string of the molecule is CC1CCN(Cc2ccc(F)cc2CN)C(C)C1. The molecular weight excluding hydrogens is 227 g/mol. The van der Waals surface area contributed by atoms with Gasteiger partial charge in [0.25, 0.3) is 0 Å². The van der Waals surface area contributed by atoms with Crippen LogP contribution in [0.4, 0.5) is 4.39 Å². The van der Waals surface area contributed by atoms with Crippen molar-refractivity contribution in [3.63, 3.8) is 0 Å². The topological polar surface area (TPSA) is 29.3 Å². The number of rotatable bonds is 3. The molecule has 1 aromatic carbocycles. The molecule has 18 heavy (non-hydrogen) atoms. The summed E-state index contributed by atoms with van der Waals surface area (Å²) >= 11 is 0. The first-order chi connectivity index (χ1) is 8.60. The van der Waals surface area contributed by atoms with E-state index in [1.807, 2.05) is 6.07 Å². The quantitative estimate of drug-likeness (QED) is 0.893. The van der Waals surface area contributed by atoms with Crippen molar-refractivity contribution in [3.8, 4) is 0 Å². The molecule has 0 bridgehead atoms. The van der Waals surface area contributed by atoms with Gasteiger partial charge in [0.1, 0.15) is 5.82 Å². The molecule has 0 radical (unpaired) electrons. The van der Waals surface area contributed by atoms with Crippen molar-refractivity contribution in [1.82, 2.24) is 4.90 Å². The van der Waals surface area contributed by atoms with E-state index in [2.05, 4.69) is 18.7 Å². The zero-order valence-corrected chi connectivity index (χ0v) is 11.3. The largest absolute Gasteiger partial charge is 0.326 e. The molecule has 2 N–H and O–H groups in total. The van der Waals surface area contributed by atoms with Crippen LogP contribution in [-0.2, 0) is 13.1 Å². The summed E-state index contributed by atoms with van der Waals surface area (Å²) in [6.07, 6.45) is 2.50. The average Bonchev–Trinajstić information content (AvgIpc) is 2.34. The normalized spacial score (nSPS) is 25.3. The number of hydrogen-bond donors (Lipinski definition) is 1. The molecule has 0 saturated carbocycles. The van der Waals surface area contributed by atoms with Crippen molar-refractivity contribution >= 4 is 0 Å². The van der Waals surface area contributed by atoms with Crippen molar-refractivity contribution < 1.29 is 4.39 Å². The van der Waals surface area contributed by atoms with Gasteiger partial charge in [0.05, 0.1) is 0 Å². The fourth-order valence-corrected chi connectivity index (χ4v) is 2.85. The maximum Gasteiger partial charge on any atom is 0.123 e. The molecule has 1 fully saturated rings. The summed E-state index contributed by atoms with van der Waals surface area (Å²) in [5.74, 6) is 0.623. The second-order valence-electron chi connectivity index (χ2n) is 5.57. The third-order valence-electron chi connectivity index (χ3n) is 4.04. The van der Waals surface area contributed by atoms with Gasteiger partial charge in [0.2, 0.25) is 0 Å². The highest BCUT2D eigenvalue weighted by molar-refractivity contribution is 5.27. The predicted octanol–water partition coefficient (Wildman–Crippen LogP) is 2.90. The highest BCUT2D eigenvalue weighted by Gasteiger charge is 2.23. The molecule has 1 heterocycles. The predicted molar refractivity (Wildman–Crippen MR) is 72.6 cm³/mol. The minimum atomic E-state index is -0.195. The minimum Gasteiger partial charge on any atom is -0.326 e. The summed E-state index contributed by atoms with van der Waals surface area (Å²) in [5.41, 5.74) is 7.79. The van der Waals surface area contributed by atoms with E-state index in [-0.39, 0.29) is 5.82 Å². The Bertz CT molecular complexity index is 405. The summed E-state index contributed by atoms with van der Waals surface area (Å²) in [6, 6.07) is 5.57. The van der Waals surface area contributed by atoms with Crippen LogP contribution < -0.4 is 5.73 Å². The molecule has 2 nitrogen and oxygen atoms in total. The minimum absolute atomic E-state index is 0.195. The third kappa shape index (κ3) is 3.09. The third-order valence-corrected chi connectivity index (χ3v) is 4.04. The van der Waals surface area contributed by atoms with Crippen molar-refractivity contribution in [3.05, 3.63) is 35.1 Å². The van der Waals surface area contributed by atoms with Gasteiger partial charge >= 0.3 is 0 Å². The number of halogens is 1. The van der Waals surface area contributed by atoms with Gasteiger partial charge in [-0.3, -0.25) is 4.90 Å². The lowest BCUT2D eigenvalue weighted by Crippen LogP contribution is -2.39. The van der Waals surface area contributed by atoms with Gasteiger partial charge in [-0.2, -0.15) is 0 Å². The van der Waals surface area contributed by atoms with Gasteiger partial charge in [-0.05, 0) is 55.5 Å². The lowest BCUT2D eigenvalue weighted by molar-refractivity contribution is 0.122. The molecule has 0 aliphatic carbocycles. The Hall–Kier alpha value is -0.930. The van der Waals surface area contributed by atoms with E-state index >= 15 is 0 Å². The molecule has 0 aromatic heterocycles. The molecule has 3 heteroatoms. The Kier molecular flexibility index (Phi) is 4.36. The number of nitrogens with two attached hydrogens (primary N) is 1. The second kappa shape index (κ2) is 5.81. The lowest BCUT2D eigenvalue weighted by Gasteiger charge is -2.36. The van der Waals surface area contributed by atoms with E-state index in [4.69, 9.17) is 5.73 Å². The summed E-state index contributed by atoms with van der Waals surface area (Å²) in [4.78, 5) is 2.48. The number of nitrogens with zero attached hydrogens (tertiary/aromatic N) is 1. The van der Waals surface area contributed by atoms with Gasteiger partial charge in [0, 0.05) is 19.1 Å². The Balaban J connectivity index is 2.09. The van der Waals surface area contributed by atoms with E-state index in [0.717, 1.165) is 24.6 Å². The second-order valence-corrected chi connectivity index (χ2v) is 5.57. The van der Waals surface area contributed by atoms with Gasteiger partial charge in [-0.1, -0.05) is 13.0 Å². The van der Waals surface area contributed by atoms with E-state index in [0.29, 0.717) is 12.6 Å². The van der Waals surface area contributed by atoms with Gasteiger partial charge in [0.15, 0.2) is 0 Å². The first-order valence-corrected chi connectivity index (χ1v) is 6.81. The Morgan fingerprint density at radius 3 is 2.78 bits per heavy atom. The van der Waals surface area contributed by atoms with Gasteiger partial charge in [-0.15, -0.1) is 0 Å². The Labute approximate surface area is 109 Å². The van der Waals surface area contributed by atoms with Crippen molar-refractivity contribution in [2.45, 2.75) is 45.8 Å². The smallest absolute Gasteiger partial charge is 0.123 e. The highest BCUT2D eigenvalue weighted by atomic mass is 19.1. The van der Waals surface area contributed by atoms with E-state index in [9.17, 15) is 4.39 Å². The van der Waals surface area contributed by atoms with Crippen molar-refractivity contribution in [2.75, 3.05) is 6.54 Å². The molecule has 1 saturated heterocycles. The molecule has 2 unspecified atom stereocenters. The zero-order chi connectivity index (χ0) is 13.1. The van der Waals surface area contributed by atoms with Crippen molar-refractivity contribution in [2.24, 2.45) is 11.7 Å². The Morgan fingerprint density at radius 2 is 2.11 bits per heavy atom. The molecule has 100 valence electrons. The maximum atomic E-state index is 13.2. The summed E-state index contributed by atoms with van der Waals surface area (Å²) in [7, 11) is 0. The van der Waals surface area contributed by atoms with Crippen LogP contribution in [0.2, 0.25) is 0 Å². The first-order valence-electron chi connectivity index (χ1n) is 6.81. The van der Waals surface area contributed by atoms with Crippen LogP contribution >= 0.6 is 0 Å². The van der Waals surface area contributed by atoms with Crippen LogP contribution in [0.1, 0.15) is 37.8 Å². The molecule has 1 aromatic rings. The highest BCUT2D eigenvalue weighted by Crippen LogP contribution is 2.24. The molecular formula is C15H23FN2. The molecule has 0 spiro atoms. The van der Waals surface area contributed by atoms with Crippen LogP contribution in [0.5, 0.6) is 0 Å². The van der Waals surface area contributed by atoms with E-state index < -0.39 is 0 Å². The molecule has 1 aliphatic heterocycles. The molecule has 2 atom stereocenters. The molecule has 0 amide bonds. The fourth-order valence-electron chi connectivity index (χ4n) is 2.85. The van der Waals surface area contributed by atoms with Gasteiger partial charge in [-0.25, -0.2) is 4.39 Å².